The monoisotopic (exact) mass is 347 g/mol. The number of hydrogen-bond acceptors (Lipinski definition) is 3. The third-order valence-corrected chi connectivity index (χ3v) is 6.41. The largest absolute Gasteiger partial charge is 0.359 e. The lowest BCUT2D eigenvalue weighted by atomic mass is 9.56. The third-order valence-electron chi connectivity index (χ3n) is 6.41. The zero-order chi connectivity index (χ0) is 17.9. The molecule has 2 aromatic rings. The van der Waals surface area contributed by atoms with Crippen LogP contribution in [0, 0.1) is 5.41 Å². The first kappa shape index (κ1) is 15.6. The van der Waals surface area contributed by atoms with Gasteiger partial charge in [-0.1, -0.05) is 29.8 Å². The Bertz CT molecular complexity index is 961. The molecule has 2 heterocycles. The van der Waals surface area contributed by atoms with Gasteiger partial charge in [0.2, 0.25) is 5.91 Å². The smallest absolute Gasteiger partial charge is 0.226 e. The number of rotatable bonds is 4. The Morgan fingerprint density at radius 2 is 2.12 bits per heavy atom. The number of imidazole rings is 1. The molecule has 1 aromatic heterocycles. The highest BCUT2D eigenvalue weighted by Gasteiger charge is 2.51. The van der Waals surface area contributed by atoms with Gasteiger partial charge < -0.3 is 9.88 Å². The third kappa shape index (κ3) is 2.00. The molecule has 132 valence electrons. The average Bonchev–Trinajstić information content (AvgIpc) is 3.23. The highest BCUT2D eigenvalue weighted by atomic mass is 16.2. The normalized spacial score (nSPS) is 21.7. The quantitative estimate of drug-likeness (QED) is 0.925. The van der Waals surface area contributed by atoms with E-state index in [0.29, 0.717) is 6.42 Å². The number of fused-ring (bicyclic) bond motifs is 5. The molecule has 5 nitrogen and oxygen atoms in total. The summed E-state index contributed by atoms with van der Waals surface area (Å²) >= 11 is 0. The summed E-state index contributed by atoms with van der Waals surface area (Å²) in [6, 6.07) is 8.29. The number of carbonyl (C=O) groups is 2. The number of ketones is 1. The van der Waals surface area contributed by atoms with Crippen molar-refractivity contribution in [2.24, 2.45) is 5.41 Å². The molecule has 1 saturated carbocycles. The van der Waals surface area contributed by atoms with Crippen LogP contribution in [0.25, 0.3) is 11.3 Å². The number of nitrogens with zero attached hydrogens (tertiary/aromatic N) is 2. The van der Waals surface area contributed by atoms with Gasteiger partial charge in [-0.15, -0.1) is 0 Å². The molecule has 0 spiro atoms. The molecule has 26 heavy (non-hydrogen) atoms. The van der Waals surface area contributed by atoms with E-state index < -0.39 is 0 Å². The number of hydrogen-bond donors (Lipinski definition) is 1. The number of amides is 1. The van der Waals surface area contributed by atoms with Gasteiger partial charge in [0, 0.05) is 19.0 Å². The highest BCUT2D eigenvalue weighted by molar-refractivity contribution is 5.99. The van der Waals surface area contributed by atoms with Crippen LogP contribution in [0.4, 0.5) is 0 Å². The SMILES string of the molecule is CNC(=O)C12CCC(C(=O)CC3c4ccccc4-c4cncn43)=C(C1)C2. The minimum atomic E-state index is -0.245. The van der Waals surface area contributed by atoms with E-state index in [-0.39, 0.29) is 23.1 Å². The first-order chi connectivity index (χ1) is 12.6. The number of Topliss-reactive ketones (excluding diaryl/α,β-unsaturated/α-hetero) is 1. The van der Waals surface area contributed by atoms with E-state index in [1.165, 1.54) is 16.7 Å². The summed E-state index contributed by atoms with van der Waals surface area (Å²) in [6.45, 7) is 0. The predicted molar refractivity (Wildman–Crippen MR) is 97.4 cm³/mol. The summed E-state index contributed by atoms with van der Waals surface area (Å²) in [5.41, 5.74) is 5.39. The van der Waals surface area contributed by atoms with E-state index in [1.54, 1.807) is 7.05 Å². The van der Waals surface area contributed by atoms with E-state index >= 15 is 0 Å². The molecule has 1 atom stereocenters. The van der Waals surface area contributed by atoms with Gasteiger partial charge in [0.05, 0.1) is 29.7 Å². The fourth-order valence-electron chi connectivity index (χ4n) is 5.01. The lowest BCUT2D eigenvalue weighted by molar-refractivity contribution is -0.134. The molecule has 1 fully saturated rings. The molecule has 2 bridgehead atoms. The molecular weight excluding hydrogens is 326 g/mol. The van der Waals surface area contributed by atoms with Crippen LogP contribution in [0.2, 0.25) is 0 Å². The van der Waals surface area contributed by atoms with Crippen molar-refractivity contribution in [1.29, 1.82) is 0 Å². The van der Waals surface area contributed by atoms with Gasteiger partial charge in [-0.3, -0.25) is 9.59 Å². The van der Waals surface area contributed by atoms with Gasteiger partial charge in [-0.25, -0.2) is 4.98 Å². The molecule has 1 amide bonds. The molecule has 1 unspecified atom stereocenters. The minimum absolute atomic E-state index is 0.0231. The number of benzene rings is 1. The standard InChI is InChI=1S/C21H21N3O2/c1-22-20(26)21-7-6-14(13(9-21)10-21)19(25)8-17-15-4-2-3-5-16(15)18-11-23-12-24(17)18/h2-5,11-12,17H,6-10H2,1H3,(H,22,26). The maximum atomic E-state index is 13.1. The second-order valence-electron chi connectivity index (χ2n) is 7.71. The Morgan fingerprint density at radius 3 is 2.85 bits per heavy atom. The van der Waals surface area contributed by atoms with Crippen LogP contribution in [0.3, 0.4) is 0 Å². The van der Waals surface area contributed by atoms with Crippen molar-refractivity contribution in [1.82, 2.24) is 14.9 Å². The number of aromatic nitrogens is 2. The fourth-order valence-corrected chi connectivity index (χ4v) is 5.01. The summed E-state index contributed by atoms with van der Waals surface area (Å²) in [6.07, 6.45) is 7.19. The van der Waals surface area contributed by atoms with Gasteiger partial charge in [0.25, 0.3) is 0 Å². The van der Waals surface area contributed by atoms with Crippen molar-refractivity contribution >= 4 is 11.7 Å². The van der Waals surface area contributed by atoms with Gasteiger partial charge in [0.15, 0.2) is 5.78 Å². The minimum Gasteiger partial charge on any atom is -0.359 e. The first-order valence-electron chi connectivity index (χ1n) is 9.20. The summed E-state index contributed by atoms with van der Waals surface area (Å²) in [4.78, 5) is 29.4. The topological polar surface area (TPSA) is 64.0 Å². The number of nitrogens with one attached hydrogen (secondary N) is 1. The van der Waals surface area contributed by atoms with E-state index in [2.05, 4.69) is 27.0 Å². The molecule has 1 aromatic carbocycles. The summed E-state index contributed by atoms with van der Waals surface area (Å²) in [7, 11) is 1.69. The van der Waals surface area contributed by atoms with Crippen LogP contribution in [-0.4, -0.2) is 28.3 Å². The van der Waals surface area contributed by atoms with Crippen LogP contribution in [0.1, 0.15) is 43.7 Å². The van der Waals surface area contributed by atoms with Crippen molar-refractivity contribution in [3.63, 3.8) is 0 Å². The van der Waals surface area contributed by atoms with Crippen molar-refractivity contribution in [3.05, 3.63) is 53.5 Å². The molecular formula is C21H21N3O2. The maximum Gasteiger partial charge on any atom is 0.226 e. The van der Waals surface area contributed by atoms with Crippen molar-refractivity contribution in [2.75, 3.05) is 7.05 Å². The van der Waals surface area contributed by atoms with Crippen LogP contribution in [-0.2, 0) is 9.59 Å². The zero-order valence-electron chi connectivity index (χ0n) is 14.8. The van der Waals surface area contributed by atoms with Crippen molar-refractivity contribution in [2.45, 2.75) is 38.1 Å². The Kier molecular flexibility index (Phi) is 3.23. The Hall–Kier alpha value is -2.69. The molecule has 0 saturated heterocycles. The van der Waals surface area contributed by atoms with Crippen molar-refractivity contribution < 1.29 is 9.59 Å². The van der Waals surface area contributed by atoms with Gasteiger partial charge in [0.1, 0.15) is 0 Å². The van der Waals surface area contributed by atoms with E-state index in [1.807, 2.05) is 24.7 Å². The van der Waals surface area contributed by atoms with Gasteiger partial charge in [-0.2, -0.15) is 0 Å². The molecule has 3 aliphatic carbocycles. The van der Waals surface area contributed by atoms with Crippen LogP contribution in [0.15, 0.2) is 47.9 Å². The Balaban J connectivity index is 1.41. The van der Waals surface area contributed by atoms with Crippen LogP contribution >= 0.6 is 0 Å². The van der Waals surface area contributed by atoms with Crippen LogP contribution in [0.5, 0.6) is 0 Å². The first-order valence-corrected chi connectivity index (χ1v) is 9.20. The zero-order valence-corrected chi connectivity index (χ0v) is 14.8. The lowest BCUT2D eigenvalue weighted by Gasteiger charge is -2.47. The molecule has 0 radical (unpaired) electrons. The predicted octanol–water partition coefficient (Wildman–Crippen LogP) is 3.03. The Labute approximate surface area is 152 Å². The van der Waals surface area contributed by atoms with Crippen molar-refractivity contribution in [3.8, 4) is 11.3 Å². The van der Waals surface area contributed by atoms with E-state index in [0.717, 1.165) is 37.0 Å². The van der Waals surface area contributed by atoms with Crippen LogP contribution < -0.4 is 5.32 Å². The second kappa shape index (κ2) is 5.40. The molecule has 4 aliphatic rings. The second-order valence-corrected chi connectivity index (χ2v) is 7.71. The van der Waals surface area contributed by atoms with Gasteiger partial charge >= 0.3 is 0 Å². The van der Waals surface area contributed by atoms with Gasteiger partial charge in [-0.05, 0) is 36.8 Å². The Morgan fingerprint density at radius 1 is 1.31 bits per heavy atom. The summed E-state index contributed by atoms with van der Waals surface area (Å²) in [5.74, 6) is 0.354. The molecule has 5 heteroatoms. The molecule has 6 rings (SSSR count). The number of allylic oxidation sites excluding steroid dienone is 2. The highest BCUT2D eigenvalue weighted by Crippen LogP contribution is 2.55. The molecule has 1 N–H and O–H groups in total. The average molecular weight is 347 g/mol. The fraction of sp³-hybridized carbons (Fsp3) is 0.381. The lowest BCUT2D eigenvalue weighted by Crippen LogP contribution is -2.48. The van der Waals surface area contributed by atoms with E-state index in [4.69, 9.17) is 0 Å². The molecule has 1 aliphatic heterocycles. The van der Waals surface area contributed by atoms with E-state index in [9.17, 15) is 9.59 Å². The summed E-state index contributed by atoms with van der Waals surface area (Å²) < 4.78 is 2.12. The number of carbonyl (C=O) groups excluding carboxylic acids is 2. The summed E-state index contributed by atoms with van der Waals surface area (Å²) in [5, 5.41) is 2.78. The maximum absolute atomic E-state index is 13.1.